The molecule has 0 N–H and O–H groups in total. The highest BCUT2D eigenvalue weighted by atomic mass is 35.5. The Morgan fingerprint density at radius 1 is 1.42 bits per heavy atom. The number of carbonyl (C=O) groups excluding carboxylic acids is 1. The largest absolute Gasteiger partial charge is 0.299 e. The summed E-state index contributed by atoms with van der Waals surface area (Å²) in [5.41, 5.74) is 0.262. The Labute approximate surface area is 116 Å². The predicted octanol–water partition coefficient (Wildman–Crippen LogP) is 2.42. The molecule has 2 rings (SSSR count). The van der Waals surface area contributed by atoms with Gasteiger partial charge in [0, 0.05) is 17.9 Å². The quantitative estimate of drug-likeness (QED) is 0.858. The van der Waals surface area contributed by atoms with Crippen molar-refractivity contribution in [1.82, 2.24) is 0 Å². The van der Waals surface area contributed by atoms with E-state index in [0.29, 0.717) is 11.4 Å². The van der Waals surface area contributed by atoms with Gasteiger partial charge in [-0.15, -0.1) is 0 Å². The van der Waals surface area contributed by atoms with Gasteiger partial charge in [0.25, 0.3) is 0 Å². The molecule has 19 heavy (non-hydrogen) atoms. The fraction of sp³-hybridized carbons (Fsp3) is 0.462. The van der Waals surface area contributed by atoms with Gasteiger partial charge in [-0.3, -0.25) is 4.79 Å². The lowest BCUT2D eigenvalue weighted by Gasteiger charge is -2.07. The average molecular weight is 305 g/mol. The zero-order valence-electron chi connectivity index (χ0n) is 10.2. The number of rotatable bonds is 4. The van der Waals surface area contributed by atoms with E-state index in [2.05, 4.69) is 0 Å². The van der Waals surface area contributed by atoms with Crippen LogP contribution in [-0.4, -0.2) is 25.7 Å². The molecule has 1 aliphatic rings. The number of Topliss-reactive ketones (excluding diaryl/α,β-unsaturated/α-hetero) is 1. The summed E-state index contributed by atoms with van der Waals surface area (Å²) in [6, 6.07) is 4.08. The Hall–Kier alpha value is -0.940. The maximum absolute atomic E-state index is 13.5. The first-order chi connectivity index (χ1) is 8.85. The van der Waals surface area contributed by atoms with Crippen molar-refractivity contribution in [3.05, 3.63) is 34.6 Å². The predicted molar refractivity (Wildman–Crippen MR) is 71.5 cm³/mol. The molecule has 1 fully saturated rings. The highest BCUT2D eigenvalue weighted by molar-refractivity contribution is 7.91. The van der Waals surface area contributed by atoms with Gasteiger partial charge < -0.3 is 0 Å². The highest BCUT2D eigenvalue weighted by Gasteiger charge is 2.29. The molecule has 1 aromatic rings. The number of hydrogen-bond donors (Lipinski definition) is 0. The molecule has 1 saturated heterocycles. The SMILES string of the molecule is O=C(Cc1cc(Cl)ccc1F)CC1CCS(=O)(=O)C1. The molecule has 1 atom stereocenters. The summed E-state index contributed by atoms with van der Waals surface area (Å²) < 4.78 is 36.0. The van der Waals surface area contributed by atoms with E-state index >= 15 is 0 Å². The number of halogens is 2. The molecule has 0 saturated carbocycles. The monoisotopic (exact) mass is 304 g/mol. The van der Waals surface area contributed by atoms with Crippen molar-refractivity contribution < 1.29 is 17.6 Å². The normalized spacial score (nSPS) is 21.5. The second kappa shape index (κ2) is 5.59. The van der Waals surface area contributed by atoms with Gasteiger partial charge in [-0.2, -0.15) is 0 Å². The van der Waals surface area contributed by atoms with E-state index in [1.807, 2.05) is 0 Å². The first-order valence-electron chi connectivity index (χ1n) is 6.02. The first-order valence-corrected chi connectivity index (χ1v) is 8.22. The minimum Gasteiger partial charge on any atom is -0.299 e. The van der Waals surface area contributed by atoms with Crippen LogP contribution in [0.3, 0.4) is 0 Å². The number of benzene rings is 1. The highest BCUT2D eigenvalue weighted by Crippen LogP contribution is 2.23. The lowest BCUT2D eigenvalue weighted by Crippen LogP contribution is -2.13. The molecule has 0 radical (unpaired) electrons. The molecule has 104 valence electrons. The molecule has 0 spiro atoms. The van der Waals surface area contributed by atoms with Gasteiger partial charge in [0.05, 0.1) is 11.5 Å². The summed E-state index contributed by atoms with van der Waals surface area (Å²) in [6.45, 7) is 0. The molecule has 1 aromatic carbocycles. The lowest BCUT2D eigenvalue weighted by atomic mass is 9.98. The Kier molecular flexibility index (Phi) is 4.26. The second-order valence-electron chi connectivity index (χ2n) is 4.92. The zero-order valence-corrected chi connectivity index (χ0v) is 11.8. The summed E-state index contributed by atoms with van der Waals surface area (Å²) in [5.74, 6) is -0.521. The Morgan fingerprint density at radius 2 is 2.16 bits per heavy atom. The Balaban J connectivity index is 1.97. The molecule has 1 unspecified atom stereocenters. The summed E-state index contributed by atoms with van der Waals surface area (Å²) in [6.07, 6.45) is 0.667. The van der Waals surface area contributed by atoms with Gasteiger partial charge in [-0.05, 0) is 36.1 Å². The van der Waals surface area contributed by atoms with Crippen molar-refractivity contribution in [2.75, 3.05) is 11.5 Å². The van der Waals surface area contributed by atoms with E-state index in [1.165, 1.54) is 18.2 Å². The number of sulfone groups is 1. The van der Waals surface area contributed by atoms with Crippen LogP contribution in [0, 0.1) is 11.7 Å². The minimum atomic E-state index is -2.98. The van der Waals surface area contributed by atoms with Crippen LogP contribution in [0.5, 0.6) is 0 Å². The topological polar surface area (TPSA) is 51.2 Å². The zero-order chi connectivity index (χ0) is 14.0. The van der Waals surface area contributed by atoms with Crippen LogP contribution in [0.1, 0.15) is 18.4 Å². The molecule has 0 amide bonds. The van der Waals surface area contributed by atoms with Crippen LogP contribution >= 0.6 is 11.6 Å². The third-order valence-electron chi connectivity index (χ3n) is 3.24. The second-order valence-corrected chi connectivity index (χ2v) is 7.59. The smallest absolute Gasteiger partial charge is 0.150 e. The molecule has 1 heterocycles. The Bertz CT molecular complexity index is 598. The van der Waals surface area contributed by atoms with E-state index in [1.54, 1.807) is 0 Å². The van der Waals surface area contributed by atoms with Crippen molar-refractivity contribution >= 4 is 27.2 Å². The molecular weight excluding hydrogens is 291 g/mol. The van der Waals surface area contributed by atoms with Gasteiger partial charge >= 0.3 is 0 Å². The van der Waals surface area contributed by atoms with Crippen molar-refractivity contribution in [2.45, 2.75) is 19.3 Å². The third-order valence-corrected chi connectivity index (χ3v) is 5.31. The van der Waals surface area contributed by atoms with Crippen molar-refractivity contribution in [2.24, 2.45) is 5.92 Å². The van der Waals surface area contributed by atoms with Gasteiger partial charge in [0.2, 0.25) is 0 Å². The van der Waals surface area contributed by atoms with Gasteiger partial charge in [0.15, 0.2) is 9.84 Å². The summed E-state index contributed by atoms with van der Waals surface area (Å²) in [4.78, 5) is 11.8. The third kappa shape index (κ3) is 4.01. The standard InChI is InChI=1S/C13H14ClFO3S/c14-11-1-2-13(15)10(6-11)7-12(16)5-9-3-4-19(17,18)8-9/h1-2,6,9H,3-5,7-8H2. The first kappa shape index (κ1) is 14.5. The maximum atomic E-state index is 13.5. The van der Waals surface area contributed by atoms with Gasteiger partial charge in [-0.25, -0.2) is 12.8 Å². The number of ketones is 1. The van der Waals surface area contributed by atoms with E-state index in [4.69, 9.17) is 11.6 Å². The molecule has 6 heteroatoms. The van der Waals surface area contributed by atoms with Crippen molar-refractivity contribution in [3.63, 3.8) is 0 Å². The van der Waals surface area contributed by atoms with Crippen LogP contribution in [0.25, 0.3) is 0 Å². The number of hydrogen-bond acceptors (Lipinski definition) is 3. The molecule has 0 aliphatic carbocycles. The average Bonchev–Trinajstić information content (AvgIpc) is 2.63. The van der Waals surface area contributed by atoms with Crippen molar-refractivity contribution in [1.29, 1.82) is 0 Å². The fourth-order valence-corrected chi connectivity index (χ4v) is 4.37. The van der Waals surface area contributed by atoms with Crippen molar-refractivity contribution in [3.8, 4) is 0 Å². The fourth-order valence-electron chi connectivity index (χ4n) is 2.32. The van der Waals surface area contributed by atoms with Crippen LogP contribution in [0.4, 0.5) is 4.39 Å². The number of carbonyl (C=O) groups is 1. The lowest BCUT2D eigenvalue weighted by molar-refractivity contribution is -0.119. The van der Waals surface area contributed by atoms with E-state index in [-0.39, 0.29) is 41.6 Å². The minimum absolute atomic E-state index is 0.0387. The molecule has 0 aromatic heterocycles. The van der Waals surface area contributed by atoms with Gasteiger partial charge in [-0.1, -0.05) is 11.6 Å². The van der Waals surface area contributed by atoms with Crippen LogP contribution in [0.2, 0.25) is 5.02 Å². The maximum Gasteiger partial charge on any atom is 0.150 e. The van der Waals surface area contributed by atoms with E-state index < -0.39 is 15.7 Å². The molecular formula is C13H14ClFO3S. The van der Waals surface area contributed by atoms with E-state index in [0.717, 1.165) is 0 Å². The molecule has 3 nitrogen and oxygen atoms in total. The molecule has 0 bridgehead atoms. The summed E-state index contributed by atoms with van der Waals surface area (Å²) in [5, 5.41) is 0.382. The van der Waals surface area contributed by atoms with Crippen LogP contribution < -0.4 is 0 Å². The van der Waals surface area contributed by atoms with Gasteiger partial charge in [0.1, 0.15) is 11.6 Å². The Morgan fingerprint density at radius 3 is 2.79 bits per heavy atom. The molecule has 1 aliphatic heterocycles. The van der Waals surface area contributed by atoms with Crippen LogP contribution in [0.15, 0.2) is 18.2 Å². The van der Waals surface area contributed by atoms with E-state index in [9.17, 15) is 17.6 Å². The van der Waals surface area contributed by atoms with Crippen LogP contribution in [-0.2, 0) is 21.1 Å². The summed E-state index contributed by atoms with van der Waals surface area (Å²) >= 11 is 5.75. The summed E-state index contributed by atoms with van der Waals surface area (Å²) in [7, 11) is -2.98.